The number of rotatable bonds is 2. The lowest BCUT2D eigenvalue weighted by molar-refractivity contribution is 0.299. The molecule has 66 valence electrons. The monoisotopic (exact) mass is 167 g/mol. The third kappa shape index (κ3) is 1.68. The largest absolute Gasteiger partial charge is 0.506 e. The van der Waals surface area contributed by atoms with Crippen molar-refractivity contribution in [1.82, 2.24) is 0 Å². The minimum atomic E-state index is 0.0861. The Morgan fingerprint density at radius 3 is 2.58 bits per heavy atom. The molecule has 0 saturated carbocycles. The number of benzene rings is 1. The van der Waals surface area contributed by atoms with Crippen LogP contribution in [0.2, 0.25) is 0 Å². The second-order valence-corrected chi connectivity index (χ2v) is 2.82. The van der Waals surface area contributed by atoms with Crippen molar-refractivity contribution in [1.29, 1.82) is 0 Å². The van der Waals surface area contributed by atoms with Gasteiger partial charge >= 0.3 is 0 Å². The predicted octanol–water partition coefficient (Wildman–Crippen LogP) is 0.818. The van der Waals surface area contributed by atoms with Crippen LogP contribution in [-0.2, 0) is 6.42 Å². The molecule has 3 nitrogen and oxygen atoms in total. The summed E-state index contributed by atoms with van der Waals surface area (Å²) in [5.41, 5.74) is 7.70. The van der Waals surface area contributed by atoms with E-state index in [1.807, 2.05) is 13.0 Å². The number of aryl methyl sites for hydroxylation is 1. The molecule has 0 spiro atoms. The molecule has 0 aliphatic heterocycles. The average molecular weight is 167 g/mol. The standard InChI is InChI=1S/C9H13NO2/c1-6-4-7(2-3-11)5-8(12)9(6)10/h4-5,11-12H,2-3,10H2,1H3. The molecule has 0 aromatic heterocycles. The fourth-order valence-electron chi connectivity index (χ4n) is 1.13. The first-order valence-electron chi connectivity index (χ1n) is 3.84. The molecule has 1 aromatic carbocycles. The van der Waals surface area contributed by atoms with Crippen LogP contribution in [0.15, 0.2) is 12.1 Å². The van der Waals surface area contributed by atoms with Crippen LogP contribution in [0, 0.1) is 6.92 Å². The van der Waals surface area contributed by atoms with Crippen molar-refractivity contribution >= 4 is 5.69 Å². The van der Waals surface area contributed by atoms with Crippen LogP contribution in [-0.4, -0.2) is 16.8 Å². The summed E-state index contributed by atoms with van der Waals surface area (Å²) < 4.78 is 0. The Labute approximate surface area is 71.5 Å². The molecule has 0 saturated heterocycles. The van der Waals surface area contributed by atoms with Crippen LogP contribution in [0.25, 0.3) is 0 Å². The highest BCUT2D eigenvalue weighted by molar-refractivity contribution is 5.58. The van der Waals surface area contributed by atoms with Crippen molar-refractivity contribution in [2.45, 2.75) is 13.3 Å². The van der Waals surface area contributed by atoms with Crippen LogP contribution in [0.4, 0.5) is 5.69 Å². The summed E-state index contributed by atoms with van der Waals surface area (Å²) in [4.78, 5) is 0. The predicted molar refractivity (Wildman–Crippen MR) is 48.0 cm³/mol. The number of nitrogens with two attached hydrogens (primary N) is 1. The smallest absolute Gasteiger partial charge is 0.139 e. The molecule has 0 aliphatic rings. The summed E-state index contributed by atoms with van der Waals surface area (Å²) >= 11 is 0. The van der Waals surface area contributed by atoms with Crippen molar-refractivity contribution in [2.24, 2.45) is 0 Å². The van der Waals surface area contributed by atoms with Gasteiger partial charge in [-0.15, -0.1) is 0 Å². The van der Waals surface area contributed by atoms with Gasteiger partial charge in [0.05, 0.1) is 5.69 Å². The maximum absolute atomic E-state index is 9.30. The van der Waals surface area contributed by atoms with Gasteiger partial charge in [-0.2, -0.15) is 0 Å². The first-order chi connectivity index (χ1) is 5.65. The number of phenolic OH excluding ortho intramolecular Hbond substituents is 1. The second kappa shape index (κ2) is 3.45. The lowest BCUT2D eigenvalue weighted by Gasteiger charge is -2.06. The molecule has 0 unspecified atom stereocenters. The highest BCUT2D eigenvalue weighted by Crippen LogP contribution is 2.25. The molecule has 0 atom stereocenters. The third-order valence-electron chi connectivity index (χ3n) is 1.83. The fraction of sp³-hybridized carbons (Fsp3) is 0.333. The number of nitrogen functional groups attached to an aromatic ring is 1. The SMILES string of the molecule is Cc1cc(CCO)cc(O)c1N. The number of hydrogen-bond donors (Lipinski definition) is 3. The molecule has 4 N–H and O–H groups in total. The molecule has 1 rings (SSSR count). The van der Waals surface area contributed by atoms with E-state index >= 15 is 0 Å². The van der Waals surface area contributed by atoms with Gasteiger partial charge in [-0.1, -0.05) is 6.07 Å². The molecule has 0 fully saturated rings. The van der Waals surface area contributed by atoms with E-state index in [-0.39, 0.29) is 12.4 Å². The van der Waals surface area contributed by atoms with E-state index in [0.29, 0.717) is 12.1 Å². The zero-order valence-corrected chi connectivity index (χ0v) is 7.04. The molecule has 0 amide bonds. The molecule has 0 aliphatic carbocycles. The third-order valence-corrected chi connectivity index (χ3v) is 1.83. The lowest BCUT2D eigenvalue weighted by atomic mass is 10.1. The van der Waals surface area contributed by atoms with Crippen LogP contribution < -0.4 is 5.73 Å². The van der Waals surface area contributed by atoms with Gasteiger partial charge in [-0.05, 0) is 30.5 Å². The number of aromatic hydroxyl groups is 1. The van der Waals surface area contributed by atoms with Crippen LogP contribution >= 0.6 is 0 Å². The van der Waals surface area contributed by atoms with Crippen molar-refractivity contribution in [3.05, 3.63) is 23.3 Å². The number of anilines is 1. The van der Waals surface area contributed by atoms with E-state index in [2.05, 4.69) is 0 Å². The Hall–Kier alpha value is -1.22. The molecular formula is C9H13NO2. The maximum Gasteiger partial charge on any atom is 0.139 e. The van der Waals surface area contributed by atoms with E-state index in [0.717, 1.165) is 11.1 Å². The van der Waals surface area contributed by atoms with E-state index in [1.54, 1.807) is 6.07 Å². The maximum atomic E-state index is 9.30. The summed E-state index contributed by atoms with van der Waals surface area (Å²) in [6.07, 6.45) is 0.550. The first kappa shape index (κ1) is 8.87. The number of aliphatic hydroxyl groups excluding tert-OH is 1. The molecule has 3 heteroatoms. The van der Waals surface area contributed by atoms with Crippen molar-refractivity contribution in [3.63, 3.8) is 0 Å². The number of aliphatic hydroxyl groups is 1. The zero-order valence-electron chi connectivity index (χ0n) is 7.04. The van der Waals surface area contributed by atoms with Crippen LogP contribution in [0.5, 0.6) is 5.75 Å². The summed E-state index contributed by atoms with van der Waals surface area (Å²) in [7, 11) is 0. The van der Waals surface area contributed by atoms with Crippen molar-refractivity contribution in [3.8, 4) is 5.75 Å². The normalized spacial score (nSPS) is 10.2. The first-order valence-corrected chi connectivity index (χ1v) is 3.84. The van der Waals surface area contributed by atoms with Crippen LogP contribution in [0.3, 0.4) is 0 Å². The Morgan fingerprint density at radius 2 is 2.08 bits per heavy atom. The summed E-state index contributed by atoms with van der Waals surface area (Å²) in [6.45, 7) is 1.92. The van der Waals surface area contributed by atoms with Gasteiger partial charge in [0.2, 0.25) is 0 Å². The number of hydrogen-bond acceptors (Lipinski definition) is 3. The molecule has 0 heterocycles. The van der Waals surface area contributed by atoms with Gasteiger partial charge < -0.3 is 15.9 Å². The number of phenols is 1. The van der Waals surface area contributed by atoms with Gasteiger partial charge in [-0.25, -0.2) is 0 Å². The van der Waals surface area contributed by atoms with E-state index in [1.165, 1.54) is 0 Å². The van der Waals surface area contributed by atoms with E-state index < -0.39 is 0 Å². The Morgan fingerprint density at radius 1 is 1.42 bits per heavy atom. The van der Waals surface area contributed by atoms with E-state index in [9.17, 15) is 5.11 Å². The summed E-state index contributed by atoms with van der Waals surface area (Å²) in [6, 6.07) is 3.45. The Bertz CT molecular complexity index is 261. The molecule has 1 aromatic rings. The van der Waals surface area contributed by atoms with Crippen molar-refractivity contribution < 1.29 is 10.2 Å². The molecular weight excluding hydrogens is 154 g/mol. The van der Waals surface area contributed by atoms with Gasteiger partial charge in [0.1, 0.15) is 5.75 Å². The summed E-state index contributed by atoms with van der Waals surface area (Å²) in [5, 5.41) is 18.0. The second-order valence-electron chi connectivity index (χ2n) is 2.82. The average Bonchev–Trinajstić information content (AvgIpc) is 2.01. The van der Waals surface area contributed by atoms with Gasteiger partial charge in [0.15, 0.2) is 0 Å². The molecule has 12 heavy (non-hydrogen) atoms. The van der Waals surface area contributed by atoms with Crippen LogP contribution in [0.1, 0.15) is 11.1 Å². The molecule has 0 radical (unpaired) electrons. The Kier molecular flexibility index (Phi) is 2.55. The minimum Gasteiger partial charge on any atom is -0.506 e. The van der Waals surface area contributed by atoms with E-state index in [4.69, 9.17) is 10.8 Å². The zero-order chi connectivity index (χ0) is 9.14. The summed E-state index contributed by atoms with van der Waals surface area (Å²) in [5.74, 6) is 0.0958. The fourth-order valence-corrected chi connectivity index (χ4v) is 1.13. The minimum absolute atomic E-state index is 0.0861. The van der Waals surface area contributed by atoms with Crippen molar-refractivity contribution in [2.75, 3.05) is 12.3 Å². The Balaban J connectivity index is 3.04. The van der Waals surface area contributed by atoms with Gasteiger partial charge in [0, 0.05) is 6.61 Å². The van der Waals surface area contributed by atoms with Gasteiger partial charge in [-0.3, -0.25) is 0 Å². The molecule has 0 bridgehead atoms. The van der Waals surface area contributed by atoms with Gasteiger partial charge in [0.25, 0.3) is 0 Å². The highest BCUT2D eigenvalue weighted by Gasteiger charge is 2.02. The lowest BCUT2D eigenvalue weighted by Crippen LogP contribution is -1.95. The quantitative estimate of drug-likeness (QED) is 0.451. The highest BCUT2D eigenvalue weighted by atomic mass is 16.3. The topological polar surface area (TPSA) is 66.5 Å².